The van der Waals surface area contributed by atoms with Crippen LogP contribution in [-0.4, -0.2) is 15.0 Å². The molecule has 0 amide bonds. The maximum Gasteiger partial charge on any atom is 0.169 e. The van der Waals surface area contributed by atoms with Crippen molar-refractivity contribution in [1.29, 1.82) is 0 Å². The van der Waals surface area contributed by atoms with Crippen molar-refractivity contribution in [2.45, 2.75) is 13.8 Å². The zero-order valence-electron chi connectivity index (χ0n) is 8.53. The maximum absolute atomic E-state index is 5.66. The van der Waals surface area contributed by atoms with E-state index < -0.39 is 0 Å². The predicted molar refractivity (Wildman–Crippen MR) is 62.9 cm³/mol. The van der Waals surface area contributed by atoms with Crippen LogP contribution in [0.1, 0.15) is 11.3 Å². The van der Waals surface area contributed by atoms with Crippen molar-refractivity contribution in [3.05, 3.63) is 33.9 Å². The van der Waals surface area contributed by atoms with E-state index in [4.69, 9.17) is 5.73 Å². The lowest BCUT2D eigenvalue weighted by molar-refractivity contribution is 0.781. The first kappa shape index (κ1) is 10.2. The van der Waals surface area contributed by atoms with Crippen LogP contribution in [0.25, 0.3) is 5.69 Å². The number of hydrogen-bond acceptors (Lipinski definition) is 3. The molecule has 0 unspecified atom stereocenters. The van der Waals surface area contributed by atoms with E-state index >= 15 is 0 Å². The third-order valence-electron chi connectivity index (χ3n) is 2.33. The van der Waals surface area contributed by atoms with E-state index in [0.717, 1.165) is 21.4 Å². The fraction of sp³-hybridized carbons (Fsp3) is 0.200. The standard InChI is InChI=1S/C10H11BrN4/c1-6-4-3-5-8(9(6)11)15-7(2)10(12)13-14-15/h3-5H,12H2,1-2H3. The molecule has 0 spiro atoms. The van der Waals surface area contributed by atoms with Gasteiger partial charge in [0.25, 0.3) is 0 Å². The Bertz CT molecular complexity index is 504. The Morgan fingerprint density at radius 1 is 1.33 bits per heavy atom. The van der Waals surface area contributed by atoms with Gasteiger partial charge in [-0.15, -0.1) is 5.10 Å². The summed E-state index contributed by atoms with van der Waals surface area (Å²) < 4.78 is 2.74. The topological polar surface area (TPSA) is 56.7 Å². The van der Waals surface area contributed by atoms with Crippen molar-refractivity contribution >= 4 is 21.7 Å². The van der Waals surface area contributed by atoms with Crippen LogP contribution in [0.3, 0.4) is 0 Å². The highest BCUT2D eigenvalue weighted by Crippen LogP contribution is 2.25. The summed E-state index contributed by atoms with van der Waals surface area (Å²) in [5.74, 6) is 0.461. The molecule has 0 aliphatic heterocycles. The molecule has 1 aromatic heterocycles. The van der Waals surface area contributed by atoms with E-state index in [1.165, 1.54) is 0 Å². The molecule has 15 heavy (non-hydrogen) atoms. The monoisotopic (exact) mass is 266 g/mol. The molecule has 78 valence electrons. The van der Waals surface area contributed by atoms with Crippen LogP contribution in [0.4, 0.5) is 5.82 Å². The zero-order chi connectivity index (χ0) is 11.0. The molecule has 0 aliphatic carbocycles. The summed E-state index contributed by atoms with van der Waals surface area (Å²) in [6.07, 6.45) is 0. The van der Waals surface area contributed by atoms with Crippen LogP contribution in [0, 0.1) is 13.8 Å². The van der Waals surface area contributed by atoms with Gasteiger partial charge in [-0.05, 0) is 41.4 Å². The largest absolute Gasteiger partial charge is 0.381 e. The first-order valence-corrected chi connectivity index (χ1v) is 5.34. The second-order valence-corrected chi connectivity index (χ2v) is 4.17. The molecule has 1 aromatic carbocycles. The summed E-state index contributed by atoms with van der Waals surface area (Å²) in [6, 6.07) is 5.98. The Morgan fingerprint density at radius 3 is 2.67 bits per heavy atom. The Morgan fingerprint density at radius 2 is 2.07 bits per heavy atom. The van der Waals surface area contributed by atoms with Crippen LogP contribution in [0.5, 0.6) is 0 Å². The molecule has 2 N–H and O–H groups in total. The Balaban J connectivity index is 2.64. The highest BCUT2D eigenvalue weighted by atomic mass is 79.9. The summed E-state index contributed by atoms with van der Waals surface area (Å²) in [5, 5.41) is 7.83. The lowest BCUT2D eigenvalue weighted by Gasteiger charge is -2.07. The first-order valence-electron chi connectivity index (χ1n) is 4.54. The lowest BCUT2D eigenvalue weighted by Crippen LogP contribution is -2.01. The Hall–Kier alpha value is -1.36. The van der Waals surface area contributed by atoms with Gasteiger partial charge in [-0.1, -0.05) is 17.3 Å². The number of aromatic nitrogens is 3. The highest BCUT2D eigenvalue weighted by Gasteiger charge is 2.10. The van der Waals surface area contributed by atoms with Crippen LogP contribution >= 0.6 is 15.9 Å². The number of benzene rings is 1. The van der Waals surface area contributed by atoms with E-state index in [0.29, 0.717) is 5.82 Å². The van der Waals surface area contributed by atoms with Gasteiger partial charge in [-0.3, -0.25) is 0 Å². The molecule has 0 radical (unpaired) electrons. The molecule has 0 saturated carbocycles. The highest BCUT2D eigenvalue weighted by molar-refractivity contribution is 9.10. The van der Waals surface area contributed by atoms with E-state index in [2.05, 4.69) is 26.2 Å². The van der Waals surface area contributed by atoms with E-state index in [-0.39, 0.29) is 0 Å². The van der Waals surface area contributed by atoms with Gasteiger partial charge in [-0.25, -0.2) is 4.68 Å². The second kappa shape index (κ2) is 3.66. The van der Waals surface area contributed by atoms with Crippen molar-refractivity contribution in [2.24, 2.45) is 0 Å². The van der Waals surface area contributed by atoms with Crippen molar-refractivity contribution in [3.63, 3.8) is 0 Å². The van der Waals surface area contributed by atoms with Gasteiger partial charge in [0.1, 0.15) is 0 Å². The van der Waals surface area contributed by atoms with E-state index in [1.807, 2.05) is 32.0 Å². The quantitative estimate of drug-likeness (QED) is 0.861. The van der Waals surface area contributed by atoms with Gasteiger partial charge in [0.15, 0.2) is 5.82 Å². The fourth-order valence-electron chi connectivity index (χ4n) is 1.37. The summed E-state index contributed by atoms with van der Waals surface area (Å²) in [4.78, 5) is 0. The summed E-state index contributed by atoms with van der Waals surface area (Å²) in [5.41, 5.74) is 8.61. The van der Waals surface area contributed by atoms with Gasteiger partial charge in [0.05, 0.1) is 11.4 Å². The van der Waals surface area contributed by atoms with Crippen LogP contribution in [0.15, 0.2) is 22.7 Å². The van der Waals surface area contributed by atoms with Crippen molar-refractivity contribution < 1.29 is 0 Å². The number of halogens is 1. The second-order valence-electron chi connectivity index (χ2n) is 3.38. The lowest BCUT2D eigenvalue weighted by atomic mass is 10.2. The third kappa shape index (κ3) is 1.63. The summed E-state index contributed by atoms with van der Waals surface area (Å²) >= 11 is 3.53. The minimum atomic E-state index is 0.461. The normalized spacial score (nSPS) is 10.6. The number of aryl methyl sites for hydroxylation is 1. The fourth-order valence-corrected chi connectivity index (χ4v) is 1.80. The molecular formula is C10H11BrN4. The summed E-state index contributed by atoms with van der Waals surface area (Å²) in [7, 11) is 0. The molecule has 0 saturated heterocycles. The molecule has 2 aromatic rings. The molecule has 0 bridgehead atoms. The minimum absolute atomic E-state index is 0.461. The third-order valence-corrected chi connectivity index (χ3v) is 3.36. The number of anilines is 1. The van der Waals surface area contributed by atoms with Gasteiger partial charge < -0.3 is 5.73 Å². The van der Waals surface area contributed by atoms with Crippen molar-refractivity contribution in [2.75, 3.05) is 5.73 Å². The number of nitrogen functional groups attached to an aromatic ring is 1. The van der Waals surface area contributed by atoms with Crippen LogP contribution in [0.2, 0.25) is 0 Å². The SMILES string of the molecule is Cc1cccc(-n2nnc(N)c2C)c1Br. The molecule has 0 fully saturated rings. The molecule has 0 aliphatic rings. The van der Waals surface area contributed by atoms with Gasteiger partial charge in [0.2, 0.25) is 0 Å². The molecule has 0 atom stereocenters. The number of hydrogen-bond donors (Lipinski definition) is 1. The van der Waals surface area contributed by atoms with Crippen LogP contribution < -0.4 is 5.73 Å². The van der Waals surface area contributed by atoms with Gasteiger partial charge in [-0.2, -0.15) is 0 Å². The first-order chi connectivity index (χ1) is 7.11. The smallest absolute Gasteiger partial charge is 0.169 e. The van der Waals surface area contributed by atoms with Crippen molar-refractivity contribution in [1.82, 2.24) is 15.0 Å². The number of nitrogens with two attached hydrogens (primary N) is 1. The molecule has 5 heteroatoms. The van der Waals surface area contributed by atoms with Crippen LogP contribution in [-0.2, 0) is 0 Å². The molecule has 2 rings (SSSR count). The average molecular weight is 267 g/mol. The van der Waals surface area contributed by atoms with E-state index in [9.17, 15) is 0 Å². The van der Waals surface area contributed by atoms with Gasteiger partial charge >= 0.3 is 0 Å². The van der Waals surface area contributed by atoms with Gasteiger partial charge in [0, 0.05) is 4.47 Å². The average Bonchev–Trinajstić information content (AvgIpc) is 2.53. The Labute approximate surface area is 96.2 Å². The Kier molecular flexibility index (Phi) is 2.48. The van der Waals surface area contributed by atoms with E-state index in [1.54, 1.807) is 4.68 Å². The molecule has 1 heterocycles. The van der Waals surface area contributed by atoms with Crippen molar-refractivity contribution in [3.8, 4) is 5.69 Å². The maximum atomic E-state index is 5.66. The zero-order valence-corrected chi connectivity index (χ0v) is 10.1. The summed E-state index contributed by atoms with van der Waals surface area (Å²) in [6.45, 7) is 3.92. The predicted octanol–water partition coefficient (Wildman–Crippen LogP) is 2.23. The minimum Gasteiger partial charge on any atom is -0.381 e. The molecular weight excluding hydrogens is 256 g/mol. The number of rotatable bonds is 1. The molecule has 4 nitrogen and oxygen atoms in total. The number of nitrogens with zero attached hydrogens (tertiary/aromatic N) is 3.